The van der Waals surface area contributed by atoms with E-state index in [9.17, 15) is 27.6 Å². The molecule has 0 unspecified atom stereocenters. The van der Waals surface area contributed by atoms with Gasteiger partial charge in [-0.3, -0.25) is 9.59 Å². The van der Waals surface area contributed by atoms with Gasteiger partial charge in [0.1, 0.15) is 5.75 Å². The van der Waals surface area contributed by atoms with Crippen LogP contribution in [0.2, 0.25) is 0 Å². The van der Waals surface area contributed by atoms with Gasteiger partial charge in [0.2, 0.25) is 11.1 Å². The molecule has 0 bridgehead atoms. The van der Waals surface area contributed by atoms with Gasteiger partial charge in [-0.05, 0) is 44.2 Å². The van der Waals surface area contributed by atoms with Crippen LogP contribution in [-0.2, 0) is 4.74 Å². The van der Waals surface area contributed by atoms with Gasteiger partial charge in [-0.1, -0.05) is 12.1 Å². The number of hydrogen-bond donors (Lipinski definition) is 0. The third kappa shape index (κ3) is 4.17. The Balaban J connectivity index is 2.27. The Morgan fingerprint density at radius 1 is 1.10 bits per heavy atom. The number of Topliss-reactive ketones (excluding diaryl/α,β-unsaturated/α-hetero) is 1. The maximum atomic E-state index is 12.9. The molecular formula is C20H15F3N2O5. The molecule has 1 heterocycles. The molecule has 0 aliphatic carbocycles. The molecule has 0 N–H and O–H groups in total. The Kier molecular flexibility index (Phi) is 5.59. The molecule has 0 amide bonds. The van der Waals surface area contributed by atoms with Crippen molar-refractivity contribution >= 4 is 22.7 Å². The van der Waals surface area contributed by atoms with Crippen LogP contribution >= 0.6 is 0 Å². The SMILES string of the molecule is CCOC(=O)c1nn(-c2ccc(OC(F)(F)F)cc2)c2cccc(C(C)=O)c2c1=O. The summed E-state index contributed by atoms with van der Waals surface area (Å²) in [6.45, 7) is 2.82. The van der Waals surface area contributed by atoms with Crippen LogP contribution in [0.3, 0.4) is 0 Å². The second kappa shape index (κ2) is 7.97. The van der Waals surface area contributed by atoms with Gasteiger partial charge in [-0.2, -0.15) is 5.10 Å². The van der Waals surface area contributed by atoms with Crippen molar-refractivity contribution in [2.75, 3.05) is 6.61 Å². The number of benzene rings is 2. The average Bonchev–Trinajstić information content (AvgIpc) is 2.67. The number of hydrogen-bond acceptors (Lipinski definition) is 6. The van der Waals surface area contributed by atoms with Crippen molar-refractivity contribution in [3.8, 4) is 11.4 Å². The number of carbonyl (C=O) groups excluding carboxylic acids is 2. The Bertz CT molecular complexity index is 1180. The van der Waals surface area contributed by atoms with Crippen molar-refractivity contribution in [1.82, 2.24) is 9.78 Å². The minimum absolute atomic E-state index is 0.00414. The van der Waals surface area contributed by atoms with Crippen LogP contribution in [0.5, 0.6) is 5.75 Å². The van der Waals surface area contributed by atoms with E-state index < -0.39 is 35.0 Å². The molecular weight excluding hydrogens is 405 g/mol. The highest BCUT2D eigenvalue weighted by Crippen LogP contribution is 2.25. The molecule has 7 nitrogen and oxygen atoms in total. The lowest BCUT2D eigenvalue weighted by atomic mass is 10.0. The van der Waals surface area contributed by atoms with Crippen molar-refractivity contribution in [3.05, 3.63) is 63.9 Å². The molecule has 0 aliphatic rings. The molecule has 0 radical (unpaired) electrons. The first kappa shape index (κ1) is 21.0. The first-order valence-electron chi connectivity index (χ1n) is 8.72. The van der Waals surface area contributed by atoms with Crippen molar-refractivity contribution in [3.63, 3.8) is 0 Å². The Morgan fingerprint density at radius 2 is 1.77 bits per heavy atom. The monoisotopic (exact) mass is 420 g/mol. The number of aromatic nitrogens is 2. The molecule has 0 spiro atoms. The zero-order valence-electron chi connectivity index (χ0n) is 15.8. The molecule has 0 saturated carbocycles. The maximum Gasteiger partial charge on any atom is 0.573 e. The predicted octanol–water partition coefficient (Wildman–Crippen LogP) is 3.66. The number of ketones is 1. The molecule has 0 aliphatic heterocycles. The zero-order chi connectivity index (χ0) is 22.1. The summed E-state index contributed by atoms with van der Waals surface area (Å²) in [4.78, 5) is 37.2. The van der Waals surface area contributed by atoms with Crippen LogP contribution in [0.25, 0.3) is 16.6 Å². The molecule has 10 heteroatoms. The second-order valence-electron chi connectivity index (χ2n) is 6.11. The van der Waals surface area contributed by atoms with Crippen molar-refractivity contribution in [2.24, 2.45) is 0 Å². The van der Waals surface area contributed by atoms with Gasteiger partial charge < -0.3 is 9.47 Å². The summed E-state index contributed by atoms with van der Waals surface area (Å²) in [5.41, 5.74) is -0.807. The fraction of sp³-hybridized carbons (Fsp3) is 0.200. The van der Waals surface area contributed by atoms with Crippen molar-refractivity contribution < 1.29 is 32.2 Å². The largest absolute Gasteiger partial charge is 0.573 e. The minimum atomic E-state index is -4.85. The number of alkyl halides is 3. The molecule has 0 atom stereocenters. The first-order chi connectivity index (χ1) is 14.1. The van der Waals surface area contributed by atoms with Gasteiger partial charge in [0, 0.05) is 5.56 Å². The summed E-state index contributed by atoms with van der Waals surface area (Å²) >= 11 is 0. The third-order valence-corrected chi connectivity index (χ3v) is 4.08. The van der Waals surface area contributed by atoms with Crippen LogP contribution in [-0.4, -0.2) is 34.5 Å². The topological polar surface area (TPSA) is 87.5 Å². The predicted molar refractivity (Wildman–Crippen MR) is 100.0 cm³/mol. The normalized spacial score (nSPS) is 11.4. The summed E-state index contributed by atoms with van der Waals surface area (Å²) in [5, 5.41) is 4.01. The van der Waals surface area contributed by atoms with E-state index in [-0.39, 0.29) is 28.8 Å². The Morgan fingerprint density at radius 3 is 2.33 bits per heavy atom. The summed E-state index contributed by atoms with van der Waals surface area (Å²) in [7, 11) is 0. The first-order valence-corrected chi connectivity index (χ1v) is 8.72. The zero-order valence-corrected chi connectivity index (χ0v) is 15.8. The highest BCUT2D eigenvalue weighted by atomic mass is 19.4. The lowest BCUT2D eigenvalue weighted by molar-refractivity contribution is -0.274. The van der Waals surface area contributed by atoms with E-state index in [2.05, 4.69) is 9.84 Å². The van der Waals surface area contributed by atoms with Crippen LogP contribution < -0.4 is 10.2 Å². The number of esters is 1. The van der Waals surface area contributed by atoms with Crippen LogP contribution in [0.4, 0.5) is 13.2 Å². The Hall–Kier alpha value is -3.69. The summed E-state index contributed by atoms with van der Waals surface area (Å²) in [5.74, 6) is -1.83. The smallest absolute Gasteiger partial charge is 0.461 e. The van der Waals surface area contributed by atoms with Crippen LogP contribution in [0.1, 0.15) is 34.7 Å². The van der Waals surface area contributed by atoms with Gasteiger partial charge >= 0.3 is 12.3 Å². The highest BCUT2D eigenvalue weighted by molar-refractivity contribution is 6.07. The molecule has 156 valence electrons. The number of fused-ring (bicyclic) bond motifs is 1. The minimum Gasteiger partial charge on any atom is -0.461 e. The van der Waals surface area contributed by atoms with Crippen molar-refractivity contribution in [2.45, 2.75) is 20.2 Å². The third-order valence-electron chi connectivity index (χ3n) is 4.08. The van der Waals surface area contributed by atoms with Crippen LogP contribution in [0, 0.1) is 0 Å². The van der Waals surface area contributed by atoms with Gasteiger partial charge in [0.15, 0.2) is 5.78 Å². The van der Waals surface area contributed by atoms with Crippen LogP contribution in [0.15, 0.2) is 47.3 Å². The van der Waals surface area contributed by atoms with E-state index in [1.165, 1.54) is 41.9 Å². The molecule has 2 aromatic carbocycles. The van der Waals surface area contributed by atoms with E-state index >= 15 is 0 Å². The molecule has 0 fully saturated rings. The highest BCUT2D eigenvalue weighted by Gasteiger charge is 2.31. The molecule has 3 rings (SSSR count). The van der Waals surface area contributed by atoms with Gasteiger partial charge in [0.05, 0.1) is 23.2 Å². The Labute approximate surface area is 167 Å². The second-order valence-corrected chi connectivity index (χ2v) is 6.11. The fourth-order valence-corrected chi connectivity index (χ4v) is 2.89. The lowest BCUT2D eigenvalue weighted by Crippen LogP contribution is -2.25. The number of ether oxygens (including phenoxy) is 2. The number of halogens is 3. The number of rotatable bonds is 5. The quantitative estimate of drug-likeness (QED) is 0.462. The van der Waals surface area contributed by atoms with E-state index in [0.29, 0.717) is 0 Å². The summed E-state index contributed by atoms with van der Waals surface area (Å²) in [6.07, 6.45) is -4.85. The number of nitrogens with zero attached hydrogens (tertiary/aromatic N) is 2. The van der Waals surface area contributed by atoms with E-state index in [1.54, 1.807) is 6.92 Å². The molecule has 30 heavy (non-hydrogen) atoms. The molecule has 3 aromatic rings. The van der Waals surface area contributed by atoms with Gasteiger partial charge in [-0.25, -0.2) is 9.48 Å². The van der Waals surface area contributed by atoms with E-state index in [4.69, 9.17) is 4.74 Å². The lowest BCUT2D eigenvalue weighted by Gasteiger charge is -2.14. The fourth-order valence-electron chi connectivity index (χ4n) is 2.89. The molecule has 0 saturated heterocycles. The van der Waals surface area contributed by atoms with Gasteiger partial charge in [-0.15, -0.1) is 13.2 Å². The summed E-state index contributed by atoms with van der Waals surface area (Å²) in [6, 6.07) is 9.14. The summed E-state index contributed by atoms with van der Waals surface area (Å²) < 4.78 is 47.1. The van der Waals surface area contributed by atoms with E-state index in [0.717, 1.165) is 12.1 Å². The van der Waals surface area contributed by atoms with E-state index in [1.807, 2.05) is 0 Å². The number of carbonyl (C=O) groups is 2. The molecule has 1 aromatic heterocycles. The maximum absolute atomic E-state index is 12.9. The standard InChI is InChI=1S/C20H15F3N2O5/c1-3-29-19(28)17-18(27)16-14(11(2)26)5-4-6-15(16)25(24-17)12-7-9-13(10-8-12)30-20(21,22)23/h4-10H,3H2,1-2H3. The van der Waals surface area contributed by atoms with Gasteiger partial charge in [0.25, 0.3) is 0 Å². The average molecular weight is 420 g/mol. The van der Waals surface area contributed by atoms with Crippen molar-refractivity contribution in [1.29, 1.82) is 0 Å².